The number of unbranched alkanes of at least 4 members (excludes halogenated alkanes) is 16. The molecule has 1 aromatic rings. The van der Waals surface area contributed by atoms with E-state index >= 15 is 0 Å². The summed E-state index contributed by atoms with van der Waals surface area (Å²) in [5.41, 5.74) is -0.702. The molecule has 0 spiro atoms. The van der Waals surface area contributed by atoms with Crippen molar-refractivity contribution in [1.29, 1.82) is 0 Å². The van der Waals surface area contributed by atoms with E-state index in [9.17, 15) is 22.6 Å². The first-order valence-electron chi connectivity index (χ1n) is 17.1. The van der Waals surface area contributed by atoms with E-state index < -0.39 is 32.5 Å². The second kappa shape index (κ2) is 25.8. The van der Waals surface area contributed by atoms with E-state index in [0.29, 0.717) is 12.8 Å². The van der Waals surface area contributed by atoms with E-state index in [0.717, 1.165) is 83.1 Å². The Morgan fingerprint density at radius 2 is 1.02 bits per heavy atom. The lowest BCUT2D eigenvalue weighted by atomic mass is 10.1. The van der Waals surface area contributed by atoms with Crippen LogP contribution in [0.1, 0.15) is 163 Å². The fourth-order valence-electron chi connectivity index (χ4n) is 4.89. The van der Waals surface area contributed by atoms with Crippen molar-refractivity contribution < 1.29 is 32.0 Å². The van der Waals surface area contributed by atoms with Gasteiger partial charge in [0.25, 0.3) is 10.1 Å². The number of rotatable bonds is 27. The number of benzene rings is 1. The molecule has 0 aliphatic rings. The third kappa shape index (κ3) is 19.0. The predicted molar refractivity (Wildman–Crippen MR) is 179 cm³/mol. The van der Waals surface area contributed by atoms with Gasteiger partial charge in [-0.2, -0.15) is 8.42 Å². The average molecular weight is 635 g/mol. The maximum absolute atomic E-state index is 12.9. The van der Waals surface area contributed by atoms with Crippen LogP contribution < -0.4 is 0 Å². The smallest absolute Gasteiger partial charge is 0.340 e. The minimum absolute atomic E-state index is 0.0963. The molecule has 0 atom stereocenters. The van der Waals surface area contributed by atoms with Crippen molar-refractivity contribution >= 4 is 22.1 Å². The normalized spacial score (nSPS) is 11.9. The van der Waals surface area contributed by atoms with Crippen LogP contribution in [0.5, 0.6) is 0 Å². The van der Waals surface area contributed by atoms with Gasteiger partial charge in [0.15, 0.2) is 0 Å². The summed E-state index contributed by atoms with van der Waals surface area (Å²) in [5, 5.41) is 0. The largest absolute Gasteiger partial charge is 0.462 e. The molecule has 0 aromatic heterocycles. The molecule has 0 radical (unpaired) electrons. The fourth-order valence-corrected chi connectivity index (χ4v) is 5.59. The quantitative estimate of drug-likeness (QED) is 0.0444. The van der Waals surface area contributed by atoms with Gasteiger partial charge in [-0.05, 0) is 76.3 Å². The van der Waals surface area contributed by atoms with Gasteiger partial charge in [0.2, 0.25) is 0 Å². The number of ether oxygens (including phenoxy) is 2. The van der Waals surface area contributed by atoms with E-state index in [1.54, 1.807) is 0 Å². The molecule has 7 nitrogen and oxygen atoms in total. The SMILES string of the molecule is CCCCC/C=C/CCCCCCCOC(=O)c1cccc(S(=O)(=O)O)c1C(=O)OCCCCCCC/C=C/CCCCC. The van der Waals surface area contributed by atoms with Crippen molar-refractivity contribution in [2.24, 2.45) is 0 Å². The summed E-state index contributed by atoms with van der Waals surface area (Å²) in [4.78, 5) is 25.1. The summed E-state index contributed by atoms with van der Waals surface area (Å²) in [5.74, 6) is -1.77. The van der Waals surface area contributed by atoms with Crippen molar-refractivity contribution in [3.63, 3.8) is 0 Å². The van der Waals surface area contributed by atoms with E-state index in [4.69, 9.17) is 9.47 Å². The molecule has 0 fully saturated rings. The van der Waals surface area contributed by atoms with Crippen LogP contribution in [0.15, 0.2) is 47.4 Å². The molecule has 0 heterocycles. The molecule has 44 heavy (non-hydrogen) atoms. The monoisotopic (exact) mass is 634 g/mol. The van der Waals surface area contributed by atoms with Crippen molar-refractivity contribution in [1.82, 2.24) is 0 Å². The first-order valence-corrected chi connectivity index (χ1v) is 18.5. The zero-order chi connectivity index (χ0) is 32.3. The molecule has 250 valence electrons. The molecule has 0 aliphatic heterocycles. The van der Waals surface area contributed by atoms with Gasteiger partial charge >= 0.3 is 11.9 Å². The predicted octanol–water partition coefficient (Wildman–Crippen LogP) is 10.2. The van der Waals surface area contributed by atoms with Gasteiger partial charge in [-0.3, -0.25) is 4.55 Å². The summed E-state index contributed by atoms with van der Waals surface area (Å²) in [6.07, 6.45) is 30.6. The lowest BCUT2D eigenvalue weighted by Gasteiger charge is -2.13. The highest BCUT2D eigenvalue weighted by atomic mass is 32.2. The maximum Gasteiger partial charge on any atom is 0.340 e. The molecule has 0 amide bonds. The summed E-state index contributed by atoms with van der Waals surface area (Å²) in [6.45, 7) is 4.67. The van der Waals surface area contributed by atoms with E-state index in [1.165, 1.54) is 50.7 Å². The molecule has 0 aliphatic carbocycles. The highest BCUT2D eigenvalue weighted by Crippen LogP contribution is 2.22. The van der Waals surface area contributed by atoms with Crippen molar-refractivity contribution in [2.45, 2.75) is 147 Å². The lowest BCUT2D eigenvalue weighted by Crippen LogP contribution is -2.19. The van der Waals surface area contributed by atoms with Gasteiger partial charge in [-0.15, -0.1) is 0 Å². The van der Waals surface area contributed by atoms with Crippen molar-refractivity contribution in [3.8, 4) is 0 Å². The van der Waals surface area contributed by atoms with Crippen LogP contribution in [0.3, 0.4) is 0 Å². The minimum atomic E-state index is -4.76. The van der Waals surface area contributed by atoms with Gasteiger partial charge in [0.1, 0.15) is 4.90 Å². The molecule has 0 saturated carbocycles. The highest BCUT2D eigenvalue weighted by molar-refractivity contribution is 7.86. The molecule has 0 unspecified atom stereocenters. The molecule has 0 saturated heterocycles. The number of allylic oxidation sites excluding steroid dienone is 4. The Morgan fingerprint density at radius 1 is 0.614 bits per heavy atom. The number of hydrogen-bond acceptors (Lipinski definition) is 6. The Balaban J connectivity index is 2.43. The highest BCUT2D eigenvalue weighted by Gasteiger charge is 2.28. The van der Waals surface area contributed by atoms with E-state index in [1.807, 2.05) is 0 Å². The Labute approximate surface area is 267 Å². The minimum Gasteiger partial charge on any atom is -0.462 e. The average Bonchev–Trinajstić information content (AvgIpc) is 3.00. The molecule has 1 N–H and O–H groups in total. The van der Waals surface area contributed by atoms with Crippen molar-refractivity contribution in [3.05, 3.63) is 53.6 Å². The molecule has 1 aromatic carbocycles. The standard InChI is InChI=1S/C36H58O7S/c1-3-5-7-9-11-13-15-17-19-21-23-25-30-42-35(37)32-28-27-29-33(44(39,40)41)34(32)36(38)43-31-26-24-22-20-18-16-14-12-10-8-6-4-2/h11-14,27-29H,3-10,15-26,30-31H2,1-2H3,(H,39,40,41)/b13-11+,14-12+. The number of hydrogen-bond donors (Lipinski definition) is 1. The maximum atomic E-state index is 12.9. The van der Waals surface area contributed by atoms with Crippen LogP contribution in [0.2, 0.25) is 0 Å². The summed E-state index contributed by atoms with van der Waals surface area (Å²) >= 11 is 0. The number of esters is 2. The lowest BCUT2D eigenvalue weighted by molar-refractivity contribution is 0.0446. The third-order valence-corrected chi connectivity index (χ3v) is 8.40. The van der Waals surface area contributed by atoms with E-state index in [-0.39, 0.29) is 18.8 Å². The van der Waals surface area contributed by atoms with Gasteiger partial charge in [-0.25, -0.2) is 9.59 Å². The van der Waals surface area contributed by atoms with Gasteiger partial charge < -0.3 is 9.47 Å². The van der Waals surface area contributed by atoms with Crippen LogP contribution in [0, 0.1) is 0 Å². The van der Waals surface area contributed by atoms with Gasteiger partial charge in [0.05, 0.1) is 24.3 Å². The van der Waals surface area contributed by atoms with Crippen molar-refractivity contribution in [2.75, 3.05) is 13.2 Å². The number of carbonyl (C=O) groups excluding carboxylic acids is 2. The van der Waals surface area contributed by atoms with Crippen LogP contribution in [0.4, 0.5) is 0 Å². The first-order chi connectivity index (χ1) is 21.3. The third-order valence-electron chi connectivity index (χ3n) is 7.51. The second-order valence-electron chi connectivity index (χ2n) is 11.5. The Kier molecular flexibility index (Phi) is 23.2. The fraction of sp³-hybridized carbons (Fsp3) is 0.667. The topological polar surface area (TPSA) is 107 Å². The molecule has 1 rings (SSSR count). The Hall–Kier alpha value is -2.45. The van der Waals surface area contributed by atoms with Gasteiger partial charge in [0, 0.05) is 0 Å². The zero-order valence-corrected chi connectivity index (χ0v) is 28.2. The van der Waals surface area contributed by atoms with E-state index in [2.05, 4.69) is 38.2 Å². The van der Waals surface area contributed by atoms with Crippen LogP contribution in [0.25, 0.3) is 0 Å². The summed E-state index contributed by atoms with van der Waals surface area (Å²) in [6, 6.07) is 3.71. The Bertz CT molecular complexity index is 1080. The molecule has 8 heteroatoms. The second-order valence-corrected chi connectivity index (χ2v) is 12.9. The summed E-state index contributed by atoms with van der Waals surface area (Å²) in [7, 11) is -4.76. The molecule has 0 bridgehead atoms. The van der Waals surface area contributed by atoms with Crippen LogP contribution in [-0.2, 0) is 19.6 Å². The first kappa shape index (κ1) is 39.6. The molecular formula is C36H58O7S. The van der Waals surface area contributed by atoms with Crippen LogP contribution in [-0.4, -0.2) is 38.1 Å². The molecular weight excluding hydrogens is 576 g/mol. The number of carbonyl (C=O) groups is 2. The Morgan fingerprint density at radius 3 is 1.48 bits per heavy atom. The zero-order valence-electron chi connectivity index (χ0n) is 27.4. The summed E-state index contributed by atoms with van der Waals surface area (Å²) < 4.78 is 44.4. The van der Waals surface area contributed by atoms with Gasteiger partial charge in [-0.1, -0.05) is 108 Å². The van der Waals surface area contributed by atoms with Crippen LogP contribution >= 0.6 is 0 Å².